The minimum absolute atomic E-state index is 0.0663. The van der Waals surface area contributed by atoms with E-state index < -0.39 is 11.0 Å². The van der Waals surface area contributed by atoms with E-state index in [0.29, 0.717) is 46.7 Å². The average Bonchev–Trinajstić information content (AvgIpc) is 2.90. The molecule has 1 N–H and O–H groups in total. The number of dihydropyridines is 1. The molecule has 1 aromatic heterocycles. The predicted molar refractivity (Wildman–Crippen MR) is 121 cm³/mol. The molecule has 2 unspecified atom stereocenters. The second kappa shape index (κ2) is 9.09. The van der Waals surface area contributed by atoms with Crippen LogP contribution >= 0.6 is 23.2 Å². The summed E-state index contributed by atoms with van der Waals surface area (Å²) in [4.78, 5) is 13.5. The van der Waals surface area contributed by atoms with E-state index in [4.69, 9.17) is 28.3 Å². The summed E-state index contributed by atoms with van der Waals surface area (Å²) in [6, 6.07) is 7.03. The molecule has 2 atom stereocenters. The van der Waals surface area contributed by atoms with Crippen LogP contribution in [0.1, 0.15) is 31.1 Å². The van der Waals surface area contributed by atoms with Gasteiger partial charge in [0.05, 0.1) is 27.7 Å². The lowest BCUT2D eigenvalue weighted by Gasteiger charge is -2.16. The van der Waals surface area contributed by atoms with Gasteiger partial charge >= 0.3 is 5.69 Å². The van der Waals surface area contributed by atoms with Crippen LogP contribution in [0, 0.1) is 0 Å². The Morgan fingerprint density at radius 1 is 1.17 bits per heavy atom. The molecule has 2 aliphatic heterocycles. The van der Waals surface area contributed by atoms with Crippen LogP contribution in [0.2, 0.25) is 5.02 Å². The van der Waals surface area contributed by atoms with Crippen molar-refractivity contribution in [2.45, 2.75) is 25.3 Å². The van der Waals surface area contributed by atoms with Crippen molar-refractivity contribution in [3.8, 4) is 5.69 Å². The van der Waals surface area contributed by atoms with Crippen molar-refractivity contribution in [2.75, 3.05) is 25.9 Å². The van der Waals surface area contributed by atoms with Gasteiger partial charge in [0.25, 0.3) is 0 Å². The van der Waals surface area contributed by atoms with Crippen LogP contribution in [0.5, 0.6) is 0 Å². The van der Waals surface area contributed by atoms with Gasteiger partial charge in [-0.15, -0.1) is 5.10 Å². The summed E-state index contributed by atoms with van der Waals surface area (Å²) in [7, 11) is -1.01. The maximum Gasteiger partial charge on any atom is 0.351 e. The topological polar surface area (TPSA) is 72.2 Å². The Bertz CT molecular complexity index is 1070. The van der Waals surface area contributed by atoms with Gasteiger partial charge in [-0.25, -0.2) is 22.6 Å². The molecule has 2 aliphatic rings. The Morgan fingerprint density at radius 2 is 1.93 bits per heavy atom. The van der Waals surface area contributed by atoms with Gasteiger partial charge in [0.2, 0.25) is 0 Å². The Balaban J connectivity index is 1.79. The van der Waals surface area contributed by atoms with Gasteiger partial charge in [-0.3, -0.25) is 0 Å². The van der Waals surface area contributed by atoms with Crippen LogP contribution in [-0.2, 0) is 11.0 Å². The van der Waals surface area contributed by atoms with Gasteiger partial charge in [0.15, 0.2) is 5.82 Å². The first-order chi connectivity index (χ1) is 14.5. The van der Waals surface area contributed by atoms with Crippen LogP contribution < -0.4 is 11.0 Å². The number of hydrogen-bond acceptors (Lipinski definition) is 4. The first-order valence-corrected chi connectivity index (χ1v) is 12.1. The number of rotatable bonds is 4. The number of nitrogens with zero attached hydrogens (tertiary/aromatic N) is 4. The van der Waals surface area contributed by atoms with E-state index >= 15 is 0 Å². The Hall–Kier alpha value is -1.87. The summed E-state index contributed by atoms with van der Waals surface area (Å²) in [5, 5.41) is 8.90. The molecule has 0 amide bonds. The Kier molecular flexibility index (Phi) is 6.48. The Labute approximate surface area is 187 Å². The minimum atomic E-state index is -1.01. The fraction of sp³-hybridized carbons (Fsp3) is 0.400. The highest BCUT2D eigenvalue weighted by atomic mass is 35.5. The summed E-state index contributed by atoms with van der Waals surface area (Å²) in [6.45, 7) is 2.02. The largest absolute Gasteiger partial charge is 0.386 e. The number of allylic oxidation sites excluding steroid dienone is 2. The molecule has 30 heavy (non-hydrogen) atoms. The zero-order valence-electron chi connectivity index (χ0n) is 16.6. The standard InChI is InChI=1S/C20H23Cl2N5O2S/c1-30(29)25-11-2-3-16(9-12-25)27-20(28)26(15-6-4-14(21)5-7-15)19(24-27)17-8-10-23-13-18(17)22/h4-8,13,16,23H,2-3,9-12H2,1H3. The molecular formula is C20H23Cl2N5O2S. The summed E-state index contributed by atoms with van der Waals surface area (Å²) >= 11 is 12.5. The predicted octanol–water partition coefficient (Wildman–Crippen LogP) is 3.07. The van der Waals surface area contributed by atoms with Crippen molar-refractivity contribution in [3.63, 3.8) is 0 Å². The highest BCUT2D eigenvalue weighted by molar-refractivity contribution is 7.81. The van der Waals surface area contributed by atoms with E-state index in [1.165, 1.54) is 0 Å². The summed E-state index contributed by atoms with van der Waals surface area (Å²) < 4.78 is 17.0. The van der Waals surface area contributed by atoms with Crippen molar-refractivity contribution in [1.29, 1.82) is 0 Å². The molecule has 0 aliphatic carbocycles. The van der Waals surface area contributed by atoms with Crippen molar-refractivity contribution in [2.24, 2.45) is 0 Å². The van der Waals surface area contributed by atoms with Gasteiger partial charge < -0.3 is 5.32 Å². The highest BCUT2D eigenvalue weighted by Crippen LogP contribution is 2.29. The number of benzene rings is 1. The molecule has 1 fully saturated rings. The van der Waals surface area contributed by atoms with Gasteiger partial charge in [-0.2, -0.15) is 0 Å². The zero-order chi connectivity index (χ0) is 21.3. The summed E-state index contributed by atoms with van der Waals surface area (Å²) in [5.74, 6) is 0.505. The van der Waals surface area contributed by atoms with Crippen LogP contribution in [0.15, 0.2) is 46.4 Å². The van der Waals surface area contributed by atoms with E-state index in [1.54, 1.807) is 46.0 Å². The van der Waals surface area contributed by atoms with E-state index in [9.17, 15) is 9.00 Å². The van der Waals surface area contributed by atoms with E-state index in [1.807, 2.05) is 10.4 Å². The van der Waals surface area contributed by atoms with E-state index in [2.05, 4.69) is 5.32 Å². The lowest BCUT2D eigenvalue weighted by molar-refractivity contribution is 0.390. The fourth-order valence-electron chi connectivity index (χ4n) is 3.85. The lowest BCUT2D eigenvalue weighted by atomic mass is 10.1. The van der Waals surface area contributed by atoms with Gasteiger partial charge in [-0.05, 0) is 43.5 Å². The SMILES string of the molecule is CS(=O)N1CCCC(n2nc(C3=CCNC=C3Cl)n(-c3ccc(Cl)cc3)c2=O)CC1. The number of halogens is 2. The van der Waals surface area contributed by atoms with E-state index in [0.717, 1.165) is 19.4 Å². The summed E-state index contributed by atoms with van der Waals surface area (Å²) in [5.41, 5.74) is 1.18. The average molecular weight is 468 g/mol. The molecule has 4 rings (SSSR count). The lowest BCUT2D eigenvalue weighted by Crippen LogP contribution is -2.29. The first-order valence-electron chi connectivity index (χ1n) is 9.81. The second-order valence-electron chi connectivity index (χ2n) is 7.32. The Morgan fingerprint density at radius 3 is 2.63 bits per heavy atom. The van der Waals surface area contributed by atoms with Crippen LogP contribution in [-0.4, -0.2) is 48.8 Å². The normalized spacial score (nSPS) is 21.4. The number of aromatic nitrogens is 3. The molecule has 1 aromatic carbocycles. The molecule has 3 heterocycles. The molecule has 0 bridgehead atoms. The third kappa shape index (κ3) is 4.27. The maximum atomic E-state index is 13.5. The fourth-order valence-corrected chi connectivity index (χ4v) is 4.97. The molecule has 1 saturated heterocycles. The van der Waals surface area contributed by atoms with Crippen molar-refractivity contribution >= 4 is 39.8 Å². The molecular weight excluding hydrogens is 445 g/mol. The van der Waals surface area contributed by atoms with Crippen LogP contribution in [0.25, 0.3) is 11.3 Å². The van der Waals surface area contributed by atoms with E-state index in [-0.39, 0.29) is 11.7 Å². The van der Waals surface area contributed by atoms with Crippen molar-refractivity contribution < 1.29 is 4.21 Å². The van der Waals surface area contributed by atoms with Crippen LogP contribution in [0.4, 0.5) is 0 Å². The van der Waals surface area contributed by atoms with Crippen LogP contribution in [0.3, 0.4) is 0 Å². The number of hydrogen-bond donors (Lipinski definition) is 1. The molecule has 0 spiro atoms. The third-order valence-electron chi connectivity index (χ3n) is 5.40. The van der Waals surface area contributed by atoms with Gasteiger partial charge in [0.1, 0.15) is 0 Å². The molecule has 0 saturated carbocycles. The van der Waals surface area contributed by atoms with Crippen molar-refractivity contribution in [3.05, 3.63) is 62.9 Å². The molecule has 160 valence electrons. The monoisotopic (exact) mass is 467 g/mol. The molecule has 7 nitrogen and oxygen atoms in total. The second-order valence-corrected chi connectivity index (χ2v) is 9.53. The number of nitrogens with one attached hydrogen (secondary N) is 1. The molecule has 10 heteroatoms. The smallest absolute Gasteiger partial charge is 0.351 e. The third-order valence-corrected chi connectivity index (χ3v) is 7.06. The minimum Gasteiger partial charge on any atom is -0.386 e. The summed E-state index contributed by atoms with van der Waals surface area (Å²) in [6.07, 6.45) is 7.70. The quantitative estimate of drug-likeness (QED) is 0.749. The molecule has 2 aromatic rings. The zero-order valence-corrected chi connectivity index (χ0v) is 18.9. The first kappa shape index (κ1) is 21.4. The van der Waals surface area contributed by atoms with Crippen molar-refractivity contribution in [1.82, 2.24) is 24.0 Å². The van der Waals surface area contributed by atoms with Gasteiger partial charge in [0, 0.05) is 42.7 Å². The highest BCUT2D eigenvalue weighted by Gasteiger charge is 2.27. The molecule has 0 radical (unpaired) electrons. The van der Waals surface area contributed by atoms with Gasteiger partial charge in [-0.1, -0.05) is 29.3 Å². The maximum absolute atomic E-state index is 13.5.